The lowest BCUT2D eigenvalue weighted by atomic mass is 10.1. The lowest BCUT2D eigenvalue weighted by molar-refractivity contribution is -0.161. The lowest BCUT2D eigenvalue weighted by Crippen LogP contribution is -2.30. The van der Waals surface area contributed by atoms with Crippen molar-refractivity contribution in [3.63, 3.8) is 0 Å². The van der Waals surface area contributed by atoms with E-state index in [-0.39, 0.29) is 19.3 Å². The molecule has 0 fully saturated rings. The van der Waals surface area contributed by atoms with Gasteiger partial charge in [0.25, 0.3) is 0 Å². The number of hydrogen-bond donors (Lipinski definition) is 4. The van der Waals surface area contributed by atoms with Crippen molar-refractivity contribution in [3.05, 3.63) is 194 Å². The van der Waals surface area contributed by atoms with Crippen molar-refractivity contribution in [1.82, 2.24) is 0 Å². The molecule has 5 unspecified atom stereocenters. The number of hydrogen-bond acceptors (Lipinski definition) is 14. The van der Waals surface area contributed by atoms with Crippen molar-refractivity contribution >= 4 is 33.6 Å². The Morgan fingerprint density at radius 3 is 0.796 bits per heavy atom. The molecule has 0 heterocycles. The van der Waals surface area contributed by atoms with Crippen LogP contribution in [0.4, 0.5) is 0 Å². The normalized spacial score (nSPS) is 15.1. The maximum Gasteiger partial charge on any atom is 0.472 e. The molecule has 0 bridgehead atoms. The quantitative estimate of drug-likeness (QED) is 0.0146. The van der Waals surface area contributed by atoms with Gasteiger partial charge in [-0.25, -0.2) is 9.13 Å². The fourth-order valence-corrected chi connectivity index (χ4v) is 11.1. The maximum atomic E-state index is 12.9. The molecule has 103 heavy (non-hydrogen) atoms. The molecular weight excluding hydrogens is 1340 g/mol. The first kappa shape index (κ1) is 97.4. The van der Waals surface area contributed by atoms with E-state index in [1.165, 1.54) is 32.1 Å². The van der Waals surface area contributed by atoms with E-state index < -0.39 is 91.5 Å². The summed E-state index contributed by atoms with van der Waals surface area (Å²) in [5.41, 5.74) is 0. The average molecular weight is 1480 g/mol. The van der Waals surface area contributed by atoms with Gasteiger partial charge < -0.3 is 34.2 Å². The number of carbonyl (C=O) groups excluding carboxylic acids is 3. The number of carbonyl (C=O) groups is 3. The smallest absolute Gasteiger partial charge is 0.463 e. The van der Waals surface area contributed by atoms with Gasteiger partial charge in [-0.1, -0.05) is 286 Å². The molecule has 0 aliphatic carbocycles. The van der Waals surface area contributed by atoms with Crippen LogP contribution in [0.25, 0.3) is 0 Å². The Kier molecular flexibility index (Phi) is 71.9. The van der Waals surface area contributed by atoms with E-state index in [9.17, 15) is 43.5 Å². The molecule has 0 aromatic heterocycles. The van der Waals surface area contributed by atoms with Gasteiger partial charge in [0.1, 0.15) is 25.4 Å². The van der Waals surface area contributed by atoms with E-state index in [4.69, 9.17) is 32.3 Å². The van der Waals surface area contributed by atoms with E-state index in [0.717, 1.165) is 167 Å². The molecule has 0 aromatic carbocycles. The average Bonchev–Trinajstić information content (AvgIpc) is 0.914. The second-order valence-electron chi connectivity index (χ2n) is 25.0. The van der Waals surface area contributed by atoms with Gasteiger partial charge in [-0.05, 0) is 154 Å². The number of phosphoric ester groups is 2. The molecule has 0 radical (unpaired) electrons. The van der Waals surface area contributed by atoms with Crippen molar-refractivity contribution in [1.29, 1.82) is 0 Å². The number of allylic oxidation sites excluding steroid dienone is 32. The third-order valence-electron chi connectivity index (χ3n) is 15.3. The summed E-state index contributed by atoms with van der Waals surface area (Å²) in [7, 11) is -9.83. The summed E-state index contributed by atoms with van der Waals surface area (Å²) in [6.07, 6.45) is 99.1. The standard InChI is InChI=1S/C85H136O16P2/c1-4-7-10-13-16-19-22-25-28-31-33-35-36-37-38-39-40-41-42-44-46-48-50-53-56-59-62-65-68-71-83(88)95-74-80(86)75-97-102(91,92)98-76-81(87)77-99-103(93,94)100-79-82(101-85(90)73-70-67-64-61-58-55-52-47-30-27-24-21-18-15-12-9-6-3)78-96-84(89)72-69-66-63-60-57-54-51-49-45-43-34-32-29-26-23-20-17-14-11-8-5-2/h7-12,16-21,25-30,33-35,37-38,40-41,43,49,51-52,55,61,64,80-82,86-87H,4-6,13-15,22-24,31-32,36,39,42,44-48,50,53-54,56-60,62-63,65-79H2,1-3H3,(H,91,92)(H,93,94)/b10-7-,11-8-,12-9-,19-16-,20-17-,21-18-,28-25-,29-26-,30-27-,35-33-,38-37-,41-40-,43-34-,51-49-,55-52-,64-61-. The summed E-state index contributed by atoms with van der Waals surface area (Å²) in [6, 6.07) is 0. The molecule has 0 aromatic rings. The fraction of sp³-hybridized carbons (Fsp3) is 0.588. The summed E-state index contributed by atoms with van der Waals surface area (Å²) < 4.78 is 61.0. The van der Waals surface area contributed by atoms with Gasteiger partial charge in [0, 0.05) is 19.3 Å². The fourth-order valence-electron chi connectivity index (χ4n) is 9.52. The lowest BCUT2D eigenvalue weighted by Gasteiger charge is -2.21. The van der Waals surface area contributed by atoms with E-state index >= 15 is 0 Å². The molecule has 0 aliphatic rings. The maximum absolute atomic E-state index is 12.9. The zero-order valence-corrected chi connectivity index (χ0v) is 65.2. The molecule has 0 saturated heterocycles. The van der Waals surface area contributed by atoms with E-state index in [1.807, 2.05) is 12.2 Å². The van der Waals surface area contributed by atoms with Crippen LogP contribution < -0.4 is 0 Å². The topological polar surface area (TPSA) is 231 Å². The Morgan fingerprint density at radius 1 is 0.272 bits per heavy atom. The Hall–Kier alpha value is -5.61. The van der Waals surface area contributed by atoms with Crippen LogP contribution in [0.2, 0.25) is 0 Å². The first-order chi connectivity index (χ1) is 50.2. The number of rotatable bonds is 71. The van der Waals surface area contributed by atoms with Crippen LogP contribution in [0, 0.1) is 0 Å². The highest BCUT2D eigenvalue weighted by Crippen LogP contribution is 2.45. The first-order valence-corrected chi connectivity index (χ1v) is 41.7. The zero-order chi connectivity index (χ0) is 75.2. The highest BCUT2D eigenvalue weighted by molar-refractivity contribution is 7.47. The number of aliphatic hydroxyl groups is 2. The van der Waals surface area contributed by atoms with Crippen molar-refractivity contribution in [2.24, 2.45) is 0 Å². The number of esters is 3. The molecule has 4 N–H and O–H groups in total. The molecule has 0 spiro atoms. The second kappa shape index (κ2) is 76.1. The second-order valence-corrected chi connectivity index (χ2v) is 27.9. The highest BCUT2D eigenvalue weighted by atomic mass is 31.2. The number of unbranched alkanes of at least 4 members (excludes halogenated alkanes) is 16. The minimum atomic E-state index is -4.96. The Labute approximate surface area is 623 Å². The van der Waals surface area contributed by atoms with Crippen molar-refractivity contribution in [2.45, 2.75) is 283 Å². The molecule has 0 saturated carbocycles. The third-order valence-corrected chi connectivity index (χ3v) is 17.2. The summed E-state index contributed by atoms with van der Waals surface area (Å²) in [4.78, 5) is 58.6. The van der Waals surface area contributed by atoms with E-state index in [1.54, 1.807) is 0 Å². The molecule has 5 atom stereocenters. The molecule has 0 aliphatic heterocycles. The van der Waals surface area contributed by atoms with Crippen molar-refractivity contribution in [3.8, 4) is 0 Å². The van der Waals surface area contributed by atoms with Gasteiger partial charge in [0.15, 0.2) is 6.10 Å². The molecule has 18 heteroatoms. The SMILES string of the molecule is CC/C=C\C/C=C\C/C=C\C/C=C\C/C=C\C/C=C\CCCCCCCCCCCCC(=O)OCC(O)COP(=O)(O)OCC(O)COP(=O)(O)OCC(COC(=O)CCCCCCC/C=C\C/C=C\C/C=C\C/C=C\C/C=C\CC)OC(=O)CCC/C=C\C/C=C\C/C=C\C/C=C\C/C=C\CC. The third kappa shape index (κ3) is 77.3. The van der Waals surface area contributed by atoms with Crippen LogP contribution in [0.15, 0.2) is 194 Å². The summed E-state index contributed by atoms with van der Waals surface area (Å²) in [6.45, 7) is 2.21. The van der Waals surface area contributed by atoms with Crippen LogP contribution in [-0.2, 0) is 55.8 Å². The monoisotopic (exact) mass is 1470 g/mol. The van der Waals surface area contributed by atoms with Crippen LogP contribution in [0.5, 0.6) is 0 Å². The van der Waals surface area contributed by atoms with Gasteiger partial charge in [-0.2, -0.15) is 0 Å². The van der Waals surface area contributed by atoms with Crippen LogP contribution >= 0.6 is 15.6 Å². The minimum absolute atomic E-state index is 0.0139. The Balaban J connectivity index is 4.65. The molecular formula is C85H136O16P2. The molecule has 16 nitrogen and oxygen atoms in total. The predicted molar refractivity (Wildman–Crippen MR) is 426 cm³/mol. The summed E-state index contributed by atoms with van der Waals surface area (Å²) in [5, 5.41) is 20.6. The van der Waals surface area contributed by atoms with Crippen molar-refractivity contribution < 1.29 is 75.8 Å². The number of phosphoric acid groups is 2. The summed E-state index contributed by atoms with van der Waals surface area (Å²) in [5.74, 6) is -1.68. The number of aliphatic hydroxyl groups excluding tert-OH is 2. The van der Waals surface area contributed by atoms with E-state index in [2.05, 4.69) is 203 Å². The van der Waals surface area contributed by atoms with Gasteiger partial charge in [0.05, 0.1) is 26.4 Å². The first-order valence-electron chi connectivity index (χ1n) is 38.7. The zero-order valence-electron chi connectivity index (χ0n) is 63.4. The highest BCUT2D eigenvalue weighted by Gasteiger charge is 2.29. The molecule has 582 valence electrons. The van der Waals surface area contributed by atoms with Crippen LogP contribution in [0.1, 0.15) is 265 Å². The molecule has 0 rings (SSSR count). The predicted octanol–water partition coefficient (Wildman–Crippen LogP) is 22.8. The summed E-state index contributed by atoms with van der Waals surface area (Å²) >= 11 is 0. The van der Waals surface area contributed by atoms with Gasteiger partial charge >= 0.3 is 33.6 Å². The van der Waals surface area contributed by atoms with Crippen molar-refractivity contribution in [2.75, 3.05) is 39.6 Å². The Morgan fingerprint density at radius 2 is 0.495 bits per heavy atom. The Bertz CT molecular complexity index is 2650. The number of ether oxygens (including phenoxy) is 3. The van der Waals surface area contributed by atoms with Crippen LogP contribution in [0.3, 0.4) is 0 Å². The van der Waals surface area contributed by atoms with Crippen LogP contribution in [-0.4, -0.2) is 95.9 Å². The van der Waals surface area contributed by atoms with Gasteiger partial charge in [0.2, 0.25) is 0 Å². The van der Waals surface area contributed by atoms with Gasteiger partial charge in [-0.3, -0.25) is 32.5 Å². The van der Waals surface area contributed by atoms with E-state index in [0.29, 0.717) is 25.7 Å². The van der Waals surface area contributed by atoms with Gasteiger partial charge in [-0.15, -0.1) is 0 Å². The molecule has 0 amide bonds. The minimum Gasteiger partial charge on any atom is -0.463 e. The largest absolute Gasteiger partial charge is 0.472 e.